The predicted molar refractivity (Wildman–Crippen MR) is 123 cm³/mol. The number of likely N-dealkylation sites (tertiary alicyclic amines) is 1. The van der Waals surface area contributed by atoms with Crippen LogP contribution in [0.2, 0.25) is 0 Å². The van der Waals surface area contributed by atoms with Crippen molar-refractivity contribution in [2.45, 2.75) is 56.4 Å². The van der Waals surface area contributed by atoms with Gasteiger partial charge in [0.2, 0.25) is 11.8 Å². The fourth-order valence-corrected chi connectivity index (χ4v) is 4.86. The Morgan fingerprint density at radius 3 is 2.29 bits per heavy atom. The maximum absolute atomic E-state index is 13.3. The molecule has 2 aromatic rings. The minimum absolute atomic E-state index is 0.00951. The van der Waals surface area contributed by atoms with Gasteiger partial charge in [-0.05, 0) is 23.6 Å². The topological polar surface area (TPSA) is 113 Å². The van der Waals surface area contributed by atoms with Crippen molar-refractivity contribution in [3.05, 3.63) is 71.3 Å². The first-order valence-electron chi connectivity index (χ1n) is 11.2. The molecular weight excluding hydrogens is 463 g/mol. The fraction of sp³-hybridized carbons (Fsp3) is 0.400. The second kappa shape index (κ2) is 10.5. The summed E-state index contributed by atoms with van der Waals surface area (Å²) in [5.74, 6) is -3.66. The molecule has 2 aromatic carbocycles. The van der Waals surface area contributed by atoms with Crippen LogP contribution in [-0.4, -0.2) is 58.6 Å². The Kier molecular flexibility index (Phi) is 7.84. The van der Waals surface area contributed by atoms with Gasteiger partial charge < -0.3 is 21.1 Å². The van der Waals surface area contributed by atoms with Gasteiger partial charge in [-0.3, -0.25) is 9.59 Å². The van der Waals surface area contributed by atoms with E-state index < -0.39 is 60.5 Å². The summed E-state index contributed by atoms with van der Waals surface area (Å²) >= 11 is 0. The van der Waals surface area contributed by atoms with E-state index >= 15 is 0 Å². The van der Waals surface area contributed by atoms with E-state index in [0.717, 1.165) is 10.5 Å². The van der Waals surface area contributed by atoms with Gasteiger partial charge >= 0.3 is 12.1 Å². The van der Waals surface area contributed by atoms with E-state index in [-0.39, 0.29) is 6.42 Å². The lowest BCUT2D eigenvalue weighted by molar-refractivity contribution is -0.171. The third-order valence-corrected chi connectivity index (χ3v) is 6.34. The van der Waals surface area contributed by atoms with Crippen molar-refractivity contribution in [1.82, 2.24) is 10.2 Å². The summed E-state index contributed by atoms with van der Waals surface area (Å²) in [7, 11) is 0. The molecule has 10 heteroatoms. The molecule has 188 valence electrons. The van der Waals surface area contributed by atoms with Crippen LogP contribution in [0.4, 0.5) is 13.2 Å². The fourth-order valence-electron chi connectivity index (χ4n) is 4.86. The summed E-state index contributed by atoms with van der Waals surface area (Å²) in [4.78, 5) is 36.8. The van der Waals surface area contributed by atoms with Crippen molar-refractivity contribution in [3.63, 3.8) is 0 Å². The van der Waals surface area contributed by atoms with Crippen LogP contribution in [0.25, 0.3) is 0 Å². The zero-order valence-electron chi connectivity index (χ0n) is 19.3. The number of rotatable bonds is 7. The molecule has 1 fully saturated rings. The van der Waals surface area contributed by atoms with E-state index in [1.165, 1.54) is 6.92 Å². The number of nitrogens with two attached hydrogens (primary N) is 1. The van der Waals surface area contributed by atoms with E-state index in [1.807, 2.05) is 0 Å². The SMILES string of the molecule is CC(=O)N[C@@H](Cc1cccc(C2[C@H](N)C(=O)N(CC(F)(F)F)[C@H](C)[C@@H]2c2ccccc2)c1)C(=O)O. The van der Waals surface area contributed by atoms with E-state index in [1.54, 1.807) is 61.5 Å². The molecule has 0 aromatic heterocycles. The largest absolute Gasteiger partial charge is 0.480 e. The van der Waals surface area contributed by atoms with Crippen molar-refractivity contribution in [3.8, 4) is 0 Å². The first kappa shape index (κ1) is 26.2. The van der Waals surface area contributed by atoms with Gasteiger partial charge in [-0.25, -0.2) is 4.79 Å². The molecule has 1 saturated heterocycles. The number of hydrogen-bond donors (Lipinski definition) is 3. The molecule has 2 amide bonds. The van der Waals surface area contributed by atoms with Gasteiger partial charge in [-0.1, -0.05) is 54.6 Å². The Hall–Kier alpha value is -3.40. The third kappa shape index (κ3) is 6.19. The van der Waals surface area contributed by atoms with Crippen molar-refractivity contribution < 1.29 is 32.7 Å². The lowest BCUT2D eigenvalue weighted by Gasteiger charge is -2.47. The summed E-state index contributed by atoms with van der Waals surface area (Å²) in [5.41, 5.74) is 8.25. The molecule has 3 rings (SSSR count). The highest BCUT2D eigenvalue weighted by Gasteiger charge is 2.49. The molecule has 1 aliphatic heterocycles. The molecule has 1 aliphatic rings. The summed E-state index contributed by atoms with van der Waals surface area (Å²) < 4.78 is 39.8. The lowest BCUT2D eigenvalue weighted by Crippen LogP contribution is -2.61. The van der Waals surface area contributed by atoms with Gasteiger partial charge in [0, 0.05) is 31.2 Å². The molecule has 0 spiro atoms. The number of carboxylic acid groups (broad SMARTS) is 1. The number of benzene rings is 2. The van der Waals surface area contributed by atoms with Crippen LogP contribution < -0.4 is 11.1 Å². The number of alkyl halides is 3. The molecular formula is C25H28F3N3O4. The molecule has 0 bridgehead atoms. The Morgan fingerprint density at radius 1 is 1.09 bits per heavy atom. The summed E-state index contributed by atoms with van der Waals surface area (Å²) in [5, 5.41) is 11.8. The maximum atomic E-state index is 13.3. The third-order valence-electron chi connectivity index (χ3n) is 6.34. The van der Waals surface area contributed by atoms with Crippen LogP contribution in [0.15, 0.2) is 54.6 Å². The highest BCUT2D eigenvalue weighted by molar-refractivity contribution is 5.85. The average molecular weight is 492 g/mol. The summed E-state index contributed by atoms with van der Waals surface area (Å²) in [6, 6.07) is 12.5. The van der Waals surface area contributed by atoms with Crippen molar-refractivity contribution >= 4 is 17.8 Å². The van der Waals surface area contributed by atoms with Crippen LogP contribution >= 0.6 is 0 Å². The Morgan fingerprint density at radius 2 is 1.71 bits per heavy atom. The van der Waals surface area contributed by atoms with Crippen LogP contribution in [-0.2, 0) is 20.8 Å². The van der Waals surface area contributed by atoms with E-state index in [4.69, 9.17) is 5.73 Å². The van der Waals surface area contributed by atoms with E-state index in [2.05, 4.69) is 5.32 Å². The first-order valence-corrected chi connectivity index (χ1v) is 11.2. The zero-order valence-corrected chi connectivity index (χ0v) is 19.3. The molecule has 7 nitrogen and oxygen atoms in total. The minimum Gasteiger partial charge on any atom is -0.480 e. The smallest absolute Gasteiger partial charge is 0.406 e. The quantitative estimate of drug-likeness (QED) is 0.552. The lowest BCUT2D eigenvalue weighted by atomic mass is 9.70. The molecule has 0 saturated carbocycles. The van der Waals surface area contributed by atoms with Crippen LogP contribution in [0.1, 0.15) is 42.4 Å². The van der Waals surface area contributed by atoms with Crippen molar-refractivity contribution in [2.24, 2.45) is 5.73 Å². The Bertz CT molecular complexity index is 1080. The highest BCUT2D eigenvalue weighted by atomic mass is 19.4. The number of amides is 2. The molecule has 1 unspecified atom stereocenters. The first-order chi connectivity index (χ1) is 16.4. The molecule has 0 aliphatic carbocycles. The minimum atomic E-state index is -4.58. The molecule has 1 heterocycles. The molecule has 35 heavy (non-hydrogen) atoms. The Labute approximate surface area is 201 Å². The van der Waals surface area contributed by atoms with Gasteiger partial charge in [0.1, 0.15) is 12.6 Å². The van der Waals surface area contributed by atoms with Gasteiger partial charge in [0.05, 0.1) is 6.04 Å². The van der Waals surface area contributed by atoms with Crippen LogP contribution in [0, 0.1) is 0 Å². The van der Waals surface area contributed by atoms with Gasteiger partial charge in [0.25, 0.3) is 0 Å². The Balaban J connectivity index is 2.03. The van der Waals surface area contributed by atoms with Crippen molar-refractivity contribution in [1.29, 1.82) is 0 Å². The van der Waals surface area contributed by atoms with E-state index in [9.17, 15) is 32.7 Å². The normalized spacial score (nSPS) is 23.6. The number of hydrogen-bond acceptors (Lipinski definition) is 4. The standard InChI is InChI=1S/C25H28F3N3O4/c1-14-20(17-8-4-3-5-9-17)21(22(29)23(33)31(14)13-25(26,27)28)18-10-6-7-16(11-18)12-19(24(34)35)30-15(2)32/h3-11,14,19-22H,12-13,29H2,1-2H3,(H,30,32)(H,34,35)/t14-,19+,20-,21?,22+/m1/s1. The number of nitrogens with zero attached hydrogens (tertiary/aromatic N) is 1. The second-order valence-electron chi connectivity index (χ2n) is 8.85. The van der Waals surface area contributed by atoms with Crippen molar-refractivity contribution in [2.75, 3.05) is 6.54 Å². The van der Waals surface area contributed by atoms with E-state index in [0.29, 0.717) is 11.1 Å². The summed E-state index contributed by atoms with van der Waals surface area (Å²) in [6.45, 7) is 1.41. The monoisotopic (exact) mass is 491 g/mol. The van der Waals surface area contributed by atoms with Gasteiger partial charge in [0.15, 0.2) is 0 Å². The number of halogens is 3. The maximum Gasteiger partial charge on any atom is 0.406 e. The number of nitrogens with one attached hydrogen (secondary N) is 1. The second-order valence-corrected chi connectivity index (χ2v) is 8.85. The zero-order chi connectivity index (χ0) is 25.9. The van der Waals surface area contributed by atoms with Gasteiger partial charge in [-0.15, -0.1) is 0 Å². The van der Waals surface area contributed by atoms with Crippen LogP contribution in [0.3, 0.4) is 0 Å². The summed E-state index contributed by atoms with van der Waals surface area (Å²) in [6.07, 6.45) is -4.59. The predicted octanol–water partition coefficient (Wildman–Crippen LogP) is 2.81. The average Bonchev–Trinajstić information content (AvgIpc) is 2.78. The number of carbonyl (C=O) groups excluding carboxylic acids is 2. The van der Waals surface area contributed by atoms with Gasteiger partial charge in [-0.2, -0.15) is 13.2 Å². The van der Waals surface area contributed by atoms with Crippen LogP contribution in [0.5, 0.6) is 0 Å². The molecule has 0 radical (unpaired) electrons. The number of aliphatic carboxylic acids is 1. The highest BCUT2D eigenvalue weighted by Crippen LogP contribution is 2.44. The number of carbonyl (C=O) groups is 3. The number of carboxylic acids is 1. The molecule has 5 atom stereocenters. The number of piperidine rings is 1. The molecule has 4 N–H and O–H groups in total.